The van der Waals surface area contributed by atoms with Crippen molar-refractivity contribution < 1.29 is 29.8 Å². The number of fused-ring (bicyclic) bond motifs is 2. The lowest BCUT2D eigenvalue weighted by Crippen LogP contribution is -2.70. The fourth-order valence-electron chi connectivity index (χ4n) is 4.53. The molecular formula is C15H24O5. The third-order valence-corrected chi connectivity index (χ3v) is 5.67. The van der Waals surface area contributed by atoms with E-state index in [0.29, 0.717) is 12.8 Å². The Morgan fingerprint density at radius 2 is 2.10 bits per heavy atom. The summed E-state index contributed by atoms with van der Waals surface area (Å²) >= 11 is 0. The predicted molar refractivity (Wildman–Crippen MR) is 69.0 cm³/mol. The number of rotatable bonds is 0. The van der Waals surface area contributed by atoms with Crippen molar-refractivity contribution in [3.8, 4) is 0 Å². The van der Waals surface area contributed by atoms with Crippen LogP contribution in [0, 0.1) is 23.7 Å². The lowest BCUT2D eigenvalue weighted by molar-refractivity contribution is -0.576. The second-order valence-electron chi connectivity index (χ2n) is 6.84. The van der Waals surface area contributed by atoms with Gasteiger partial charge < -0.3 is 14.6 Å². The Hall–Kier alpha value is -0.200. The Morgan fingerprint density at radius 3 is 2.90 bits per heavy atom. The summed E-state index contributed by atoms with van der Waals surface area (Å²) < 4.78 is 43.2. The molecule has 0 aromatic rings. The van der Waals surface area contributed by atoms with E-state index in [1.54, 1.807) is 6.92 Å². The molecule has 5 heteroatoms. The highest BCUT2D eigenvalue weighted by molar-refractivity contribution is 5.08. The zero-order valence-corrected chi connectivity index (χ0v) is 11.8. The van der Waals surface area contributed by atoms with E-state index >= 15 is 0 Å². The Morgan fingerprint density at radius 1 is 1.25 bits per heavy atom. The molecule has 0 amide bonds. The smallest absolute Gasteiger partial charge is 0.201 e. The highest BCUT2D eigenvalue weighted by atomic mass is 17.3. The molecule has 0 aromatic heterocycles. The first-order valence-electron chi connectivity index (χ1n) is 9.44. The molecule has 1 N–H and O–H groups in total. The van der Waals surface area contributed by atoms with Crippen molar-refractivity contribution >= 4 is 0 Å². The Kier molecular flexibility index (Phi) is 2.03. The molecule has 1 aliphatic carbocycles. The average Bonchev–Trinajstić information content (AvgIpc) is 2.64. The van der Waals surface area contributed by atoms with Crippen molar-refractivity contribution in [3.05, 3.63) is 0 Å². The van der Waals surface area contributed by atoms with Gasteiger partial charge in [0.15, 0.2) is 18.2 Å². The summed E-state index contributed by atoms with van der Waals surface area (Å²) in [5.74, 6) is -2.72. The van der Waals surface area contributed by atoms with Crippen molar-refractivity contribution in [2.24, 2.45) is 23.7 Å². The molecular weight excluding hydrogens is 261 g/mol. The maximum absolute atomic E-state index is 10.5. The van der Waals surface area contributed by atoms with Crippen LogP contribution in [0.3, 0.4) is 0 Å². The van der Waals surface area contributed by atoms with Crippen LogP contribution in [0.5, 0.6) is 0 Å². The summed E-state index contributed by atoms with van der Waals surface area (Å²) in [5, 5.41) is 10.5. The van der Waals surface area contributed by atoms with Crippen molar-refractivity contribution in [2.45, 2.75) is 70.3 Å². The highest BCUT2D eigenvalue weighted by Crippen LogP contribution is 2.60. The molecule has 1 spiro atoms. The van der Waals surface area contributed by atoms with E-state index in [2.05, 4.69) is 6.92 Å². The molecule has 2 bridgehead atoms. The summed E-state index contributed by atoms with van der Waals surface area (Å²) in [6, 6.07) is 0. The first-order chi connectivity index (χ1) is 11.0. The van der Waals surface area contributed by atoms with Gasteiger partial charge in [0, 0.05) is 22.4 Å². The summed E-state index contributed by atoms with van der Waals surface area (Å²) in [7, 11) is 0. The number of aliphatic hydroxyl groups is 1. The van der Waals surface area contributed by atoms with Gasteiger partial charge in [0.1, 0.15) is 0 Å². The van der Waals surface area contributed by atoms with Gasteiger partial charge in [-0.05, 0) is 38.0 Å². The van der Waals surface area contributed by atoms with Crippen LogP contribution in [0.1, 0.15) is 51.9 Å². The molecule has 4 heterocycles. The maximum atomic E-state index is 10.5. The van der Waals surface area contributed by atoms with Crippen LogP contribution < -0.4 is 0 Å². The quantitative estimate of drug-likeness (QED) is 0.547. The molecule has 5 rings (SSSR count). The van der Waals surface area contributed by atoms with Gasteiger partial charge in [-0.3, -0.25) is 0 Å². The minimum absolute atomic E-state index is 0.00785. The van der Waals surface area contributed by atoms with E-state index in [1.165, 1.54) is 0 Å². The van der Waals surface area contributed by atoms with Crippen LogP contribution in [0.4, 0.5) is 0 Å². The lowest BCUT2D eigenvalue weighted by Gasteiger charge is -2.59. The van der Waals surface area contributed by atoms with E-state index in [0.717, 1.165) is 12.8 Å². The van der Waals surface area contributed by atoms with E-state index in [1.807, 2.05) is 0 Å². The Labute approximate surface area is 125 Å². The number of ether oxygens (including phenoxy) is 2. The van der Waals surface area contributed by atoms with E-state index < -0.39 is 42.6 Å². The van der Waals surface area contributed by atoms with Gasteiger partial charge in [-0.2, -0.15) is 0 Å². The number of hydrogen-bond acceptors (Lipinski definition) is 5. The third kappa shape index (κ3) is 1.56. The molecule has 5 nitrogen and oxygen atoms in total. The molecule has 1 saturated carbocycles. The second kappa shape index (κ2) is 4.17. The van der Waals surface area contributed by atoms with Crippen molar-refractivity contribution in [3.63, 3.8) is 0 Å². The lowest BCUT2D eigenvalue weighted by atomic mass is 9.59. The molecule has 5 fully saturated rings. The van der Waals surface area contributed by atoms with Gasteiger partial charge in [0.05, 0.1) is 1.37 Å². The molecule has 0 radical (unpaired) electrons. The molecule has 8 atom stereocenters. The molecule has 20 heavy (non-hydrogen) atoms. The van der Waals surface area contributed by atoms with Crippen molar-refractivity contribution in [1.82, 2.24) is 0 Å². The van der Waals surface area contributed by atoms with Crippen molar-refractivity contribution in [1.29, 1.82) is 0 Å². The van der Waals surface area contributed by atoms with Gasteiger partial charge in [-0.25, -0.2) is 9.78 Å². The predicted octanol–water partition coefficient (Wildman–Crippen LogP) is 2.19. The average molecular weight is 289 g/mol. The standard InChI is InChI=1S/C15H24O5/c1-8-4-5-11-9(2)12(16)17-13-15(11)10(8)6-7-14(3,18-13)19-20-15/h8-13,16H,4-7H2,1-3H3/t8-,9-,10+,11+,12+,13-,14-,15-/m1/s1/i2+1D3,12D. The largest absolute Gasteiger partial charge is 0.368 e. The van der Waals surface area contributed by atoms with Crippen LogP contribution in [0.25, 0.3) is 0 Å². The van der Waals surface area contributed by atoms with Crippen LogP contribution >= 0.6 is 0 Å². The minimum Gasteiger partial charge on any atom is -0.368 e. The maximum Gasteiger partial charge on any atom is 0.201 e. The fourth-order valence-corrected chi connectivity index (χ4v) is 4.53. The normalized spacial score (nSPS) is 69.0. The molecule has 4 saturated heterocycles. The Bertz CT molecular complexity index is 540. The van der Waals surface area contributed by atoms with Gasteiger partial charge in [-0.1, -0.05) is 13.8 Å². The van der Waals surface area contributed by atoms with Gasteiger partial charge in [0.2, 0.25) is 5.79 Å². The topological polar surface area (TPSA) is 57.2 Å². The van der Waals surface area contributed by atoms with Crippen LogP contribution in [0.15, 0.2) is 0 Å². The van der Waals surface area contributed by atoms with E-state index in [-0.39, 0.29) is 11.8 Å². The third-order valence-electron chi connectivity index (χ3n) is 5.67. The molecule has 0 aromatic carbocycles. The first-order valence-corrected chi connectivity index (χ1v) is 7.44. The zero-order chi connectivity index (χ0) is 17.5. The zero-order valence-electron chi connectivity index (χ0n) is 15.8. The highest BCUT2D eigenvalue weighted by Gasteiger charge is 2.69. The summed E-state index contributed by atoms with van der Waals surface area (Å²) in [5.41, 5.74) is -1.10. The Balaban J connectivity index is 1.86. The number of hydrogen-bond donors (Lipinski definition) is 1. The SMILES string of the molecule is [2H][C@]1(O)O[C@@H]2O[C@@]3(C)CC[C@H]4[C@H](C)CC[C@@H]([C@H]1[13C]([2H])([2H])[2H])[C@@]24OO3. The molecule has 114 valence electrons. The fraction of sp³-hybridized carbons (Fsp3) is 1.00. The van der Waals surface area contributed by atoms with Crippen molar-refractivity contribution in [2.75, 3.05) is 0 Å². The van der Waals surface area contributed by atoms with Gasteiger partial charge >= 0.3 is 0 Å². The van der Waals surface area contributed by atoms with Crippen LogP contribution in [0.2, 0.25) is 0 Å². The minimum atomic E-state index is -2.55. The monoisotopic (exact) mass is 289 g/mol. The second-order valence-corrected chi connectivity index (χ2v) is 6.84. The first kappa shape index (κ1) is 9.74. The summed E-state index contributed by atoms with van der Waals surface area (Å²) in [4.78, 5) is 11.4. The molecule has 0 unspecified atom stereocenters. The summed E-state index contributed by atoms with van der Waals surface area (Å²) in [6.07, 6.45) is -0.889. The van der Waals surface area contributed by atoms with Crippen LogP contribution in [-0.4, -0.2) is 29.1 Å². The van der Waals surface area contributed by atoms with Crippen LogP contribution in [-0.2, 0) is 19.2 Å². The summed E-state index contributed by atoms with van der Waals surface area (Å²) in [6.45, 7) is 1.30. The van der Waals surface area contributed by atoms with Gasteiger partial charge in [-0.15, -0.1) is 0 Å². The van der Waals surface area contributed by atoms with E-state index in [4.69, 9.17) is 24.7 Å². The molecule has 4 aliphatic heterocycles. The van der Waals surface area contributed by atoms with Gasteiger partial charge in [0.25, 0.3) is 0 Å². The molecule has 5 aliphatic rings. The van der Waals surface area contributed by atoms with E-state index in [9.17, 15) is 5.11 Å².